The Morgan fingerprint density at radius 3 is 2.73 bits per heavy atom. The summed E-state index contributed by atoms with van der Waals surface area (Å²) in [6.07, 6.45) is -1.48. The molecule has 1 fully saturated rings. The Morgan fingerprint density at radius 2 is 2.09 bits per heavy atom. The molecular formula is C15H29F3N4. The summed E-state index contributed by atoms with van der Waals surface area (Å²) in [7, 11) is 0. The molecule has 0 bridgehead atoms. The minimum absolute atomic E-state index is 0.140. The summed E-state index contributed by atoms with van der Waals surface area (Å²) >= 11 is 0. The average Bonchev–Trinajstić information content (AvgIpc) is 2.42. The highest BCUT2D eigenvalue weighted by molar-refractivity contribution is 5.79. The number of nitrogens with one attached hydrogen (secondary N) is 2. The van der Waals surface area contributed by atoms with Gasteiger partial charge in [0.05, 0.1) is 6.42 Å². The van der Waals surface area contributed by atoms with Crippen molar-refractivity contribution in [3.05, 3.63) is 0 Å². The molecular weight excluding hydrogens is 293 g/mol. The Labute approximate surface area is 131 Å². The highest BCUT2D eigenvalue weighted by atomic mass is 19.4. The molecule has 1 atom stereocenters. The van der Waals surface area contributed by atoms with E-state index in [-0.39, 0.29) is 6.54 Å². The van der Waals surface area contributed by atoms with Crippen molar-refractivity contribution in [1.29, 1.82) is 0 Å². The van der Waals surface area contributed by atoms with Gasteiger partial charge < -0.3 is 15.5 Å². The maximum Gasteiger partial charge on any atom is 0.390 e. The second-order valence-electron chi connectivity index (χ2n) is 5.95. The summed E-state index contributed by atoms with van der Waals surface area (Å²) in [6, 6.07) is 0. The predicted octanol–water partition coefficient (Wildman–Crippen LogP) is 2.62. The predicted molar refractivity (Wildman–Crippen MR) is 84.1 cm³/mol. The number of nitrogens with zero attached hydrogens (tertiary/aromatic N) is 2. The molecule has 1 unspecified atom stereocenters. The molecule has 0 saturated carbocycles. The molecule has 4 nitrogen and oxygen atoms in total. The molecule has 0 aromatic heterocycles. The second kappa shape index (κ2) is 9.92. The van der Waals surface area contributed by atoms with Crippen molar-refractivity contribution in [2.45, 2.75) is 45.7 Å². The van der Waals surface area contributed by atoms with E-state index in [4.69, 9.17) is 0 Å². The molecule has 0 spiro atoms. The topological polar surface area (TPSA) is 39.7 Å². The molecule has 1 heterocycles. The minimum atomic E-state index is -4.13. The molecule has 7 heteroatoms. The van der Waals surface area contributed by atoms with Crippen molar-refractivity contribution in [3.8, 4) is 0 Å². The van der Waals surface area contributed by atoms with Crippen molar-refractivity contribution in [3.63, 3.8) is 0 Å². The quantitative estimate of drug-likeness (QED) is 0.430. The van der Waals surface area contributed by atoms with E-state index in [1.54, 1.807) is 0 Å². The Morgan fingerprint density at radius 1 is 1.32 bits per heavy atom. The molecule has 1 saturated heterocycles. The number of halogens is 3. The third kappa shape index (κ3) is 9.12. The number of hydrogen-bond donors (Lipinski definition) is 2. The third-order valence-corrected chi connectivity index (χ3v) is 3.69. The van der Waals surface area contributed by atoms with Crippen LogP contribution in [-0.2, 0) is 0 Å². The fourth-order valence-electron chi connectivity index (χ4n) is 2.64. The van der Waals surface area contributed by atoms with Gasteiger partial charge in [-0.1, -0.05) is 6.92 Å². The van der Waals surface area contributed by atoms with Gasteiger partial charge in [-0.2, -0.15) is 13.2 Å². The van der Waals surface area contributed by atoms with Gasteiger partial charge in [0.1, 0.15) is 0 Å². The van der Waals surface area contributed by atoms with Gasteiger partial charge in [0.2, 0.25) is 0 Å². The summed E-state index contributed by atoms with van der Waals surface area (Å²) < 4.78 is 36.4. The van der Waals surface area contributed by atoms with E-state index >= 15 is 0 Å². The fourth-order valence-corrected chi connectivity index (χ4v) is 2.64. The van der Waals surface area contributed by atoms with E-state index in [1.165, 1.54) is 12.8 Å². The molecule has 1 aliphatic rings. The average molecular weight is 322 g/mol. The van der Waals surface area contributed by atoms with Gasteiger partial charge in [-0.3, -0.25) is 4.99 Å². The van der Waals surface area contributed by atoms with E-state index in [1.807, 2.05) is 6.92 Å². The molecule has 0 amide bonds. The highest BCUT2D eigenvalue weighted by Gasteiger charge is 2.26. The van der Waals surface area contributed by atoms with Gasteiger partial charge in [-0.15, -0.1) is 0 Å². The number of guanidine groups is 1. The van der Waals surface area contributed by atoms with Crippen LogP contribution in [0.15, 0.2) is 4.99 Å². The lowest BCUT2D eigenvalue weighted by molar-refractivity contribution is -0.132. The normalized spacial score (nSPS) is 21.0. The number of piperidine rings is 1. The zero-order chi connectivity index (χ0) is 16.4. The van der Waals surface area contributed by atoms with Crippen LogP contribution in [0.2, 0.25) is 0 Å². The zero-order valence-corrected chi connectivity index (χ0v) is 13.7. The summed E-state index contributed by atoms with van der Waals surface area (Å²) in [5, 5.41) is 5.70. The smallest absolute Gasteiger partial charge is 0.357 e. The Bertz CT molecular complexity index is 331. The standard InChI is InChI=1S/C15H29F3N4/c1-3-19-14(21-9-7-15(16,17)18)20-8-5-11-22-10-4-6-13(2)12-22/h13H,3-12H2,1-2H3,(H2,19,20,21). The first-order valence-corrected chi connectivity index (χ1v) is 8.22. The lowest BCUT2D eigenvalue weighted by atomic mass is 10.0. The summed E-state index contributed by atoms with van der Waals surface area (Å²) in [5.41, 5.74) is 0. The van der Waals surface area contributed by atoms with Crippen LogP contribution < -0.4 is 10.6 Å². The van der Waals surface area contributed by atoms with Crippen molar-refractivity contribution in [1.82, 2.24) is 15.5 Å². The van der Waals surface area contributed by atoms with Crippen molar-refractivity contribution in [2.24, 2.45) is 10.9 Å². The van der Waals surface area contributed by atoms with Crippen molar-refractivity contribution in [2.75, 3.05) is 39.3 Å². The van der Waals surface area contributed by atoms with Gasteiger partial charge in [-0.05, 0) is 45.2 Å². The molecule has 0 aliphatic carbocycles. The second-order valence-corrected chi connectivity index (χ2v) is 5.95. The summed E-state index contributed by atoms with van der Waals surface area (Å²) in [4.78, 5) is 6.79. The molecule has 1 rings (SSSR count). The lowest BCUT2D eigenvalue weighted by Crippen LogP contribution is -2.39. The molecule has 2 N–H and O–H groups in total. The van der Waals surface area contributed by atoms with Crippen LogP contribution in [0.25, 0.3) is 0 Å². The van der Waals surface area contributed by atoms with E-state index in [0.29, 0.717) is 19.0 Å². The maximum absolute atomic E-state index is 12.1. The third-order valence-electron chi connectivity index (χ3n) is 3.69. The molecule has 1 aliphatic heterocycles. The Kier molecular flexibility index (Phi) is 8.60. The number of rotatable bonds is 7. The lowest BCUT2D eigenvalue weighted by Gasteiger charge is -2.30. The van der Waals surface area contributed by atoms with Crippen LogP contribution in [0.1, 0.15) is 39.5 Å². The van der Waals surface area contributed by atoms with E-state index in [9.17, 15) is 13.2 Å². The van der Waals surface area contributed by atoms with Crippen molar-refractivity contribution >= 4 is 5.96 Å². The number of aliphatic imine (C=N–C) groups is 1. The monoisotopic (exact) mass is 322 g/mol. The Hall–Kier alpha value is -0.980. The molecule has 0 radical (unpaired) electrons. The fraction of sp³-hybridized carbons (Fsp3) is 0.933. The number of hydrogen-bond acceptors (Lipinski definition) is 2. The highest BCUT2D eigenvalue weighted by Crippen LogP contribution is 2.18. The molecule has 130 valence electrons. The van der Waals surface area contributed by atoms with Crippen LogP contribution in [0.5, 0.6) is 0 Å². The number of likely N-dealkylation sites (tertiary alicyclic amines) is 1. The first-order valence-electron chi connectivity index (χ1n) is 8.22. The first-order chi connectivity index (χ1) is 10.4. The van der Waals surface area contributed by atoms with Crippen LogP contribution in [0.4, 0.5) is 13.2 Å². The first kappa shape index (κ1) is 19.1. The molecule has 0 aromatic carbocycles. The van der Waals surface area contributed by atoms with Gasteiger partial charge in [0, 0.05) is 26.2 Å². The van der Waals surface area contributed by atoms with Crippen LogP contribution in [0, 0.1) is 5.92 Å². The van der Waals surface area contributed by atoms with Gasteiger partial charge in [0.15, 0.2) is 5.96 Å². The van der Waals surface area contributed by atoms with Crippen LogP contribution in [-0.4, -0.2) is 56.3 Å². The van der Waals surface area contributed by atoms with E-state index in [2.05, 4.69) is 27.4 Å². The largest absolute Gasteiger partial charge is 0.390 e. The molecule has 22 heavy (non-hydrogen) atoms. The minimum Gasteiger partial charge on any atom is -0.357 e. The SMILES string of the molecule is CCNC(=NCCCN1CCCC(C)C1)NCCC(F)(F)F. The zero-order valence-electron chi connectivity index (χ0n) is 13.7. The molecule has 0 aromatic rings. The number of alkyl halides is 3. The van der Waals surface area contributed by atoms with Crippen molar-refractivity contribution < 1.29 is 13.2 Å². The Balaban J connectivity index is 2.23. The van der Waals surface area contributed by atoms with Gasteiger partial charge in [-0.25, -0.2) is 0 Å². The van der Waals surface area contributed by atoms with E-state index in [0.717, 1.165) is 32.0 Å². The van der Waals surface area contributed by atoms with Gasteiger partial charge >= 0.3 is 6.18 Å². The van der Waals surface area contributed by atoms with Crippen LogP contribution in [0.3, 0.4) is 0 Å². The summed E-state index contributed by atoms with van der Waals surface area (Å²) in [6.45, 7) is 8.61. The van der Waals surface area contributed by atoms with E-state index < -0.39 is 12.6 Å². The maximum atomic E-state index is 12.1. The van der Waals surface area contributed by atoms with Crippen LogP contribution >= 0.6 is 0 Å². The van der Waals surface area contributed by atoms with Gasteiger partial charge in [0.25, 0.3) is 0 Å². The summed E-state index contributed by atoms with van der Waals surface area (Å²) in [5.74, 6) is 1.23.